The van der Waals surface area contributed by atoms with Crippen molar-refractivity contribution in [2.45, 2.75) is 58.2 Å². The number of rotatable bonds is 10. The number of piperazine rings is 2. The van der Waals surface area contributed by atoms with E-state index in [-0.39, 0.29) is 23.7 Å². The van der Waals surface area contributed by atoms with Gasteiger partial charge < -0.3 is 20.1 Å². The summed E-state index contributed by atoms with van der Waals surface area (Å²) < 4.78 is 5.00. The van der Waals surface area contributed by atoms with Crippen LogP contribution in [0.5, 0.6) is 5.75 Å². The fourth-order valence-corrected chi connectivity index (χ4v) is 5.72. The number of phenols is 1. The smallest absolute Gasteiger partial charge is 0.305 e. The van der Waals surface area contributed by atoms with Crippen LogP contribution in [0.2, 0.25) is 0 Å². The number of amides is 1. The Morgan fingerprint density at radius 3 is 2.46 bits per heavy atom. The lowest BCUT2D eigenvalue weighted by molar-refractivity contribution is -0.143. The molecule has 0 aliphatic carbocycles. The first kappa shape index (κ1) is 29.1. The lowest BCUT2D eigenvalue weighted by Gasteiger charge is -2.43. The fraction of sp³-hybridized carbons (Fsp3) is 0.548. The van der Waals surface area contributed by atoms with Gasteiger partial charge in [-0.3, -0.25) is 19.4 Å². The summed E-state index contributed by atoms with van der Waals surface area (Å²) in [4.78, 5) is 31.9. The molecule has 0 unspecified atom stereocenters. The monoisotopic (exact) mass is 536 g/mol. The van der Waals surface area contributed by atoms with Gasteiger partial charge in [0.15, 0.2) is 0 Å². The first-order chi connectivity index (χ1) is 18.9. The summed E-state index contributed by atoms with van der Waals surface area (Å²) in [6.07, 6.45) is 2.25. The maximum atomic E-state index is 13.6. The molecule has 2 aliphatic rings. The third-order valence-electron chi connectivity index (χ3n) is 7.85. The second kappa shape index (κ2) is 13.9. The first-order valence-electron chi connectivity index (χ1n) is 14.4. The van der Waals surface area contributed by atoms with Crippen LogP contribution in [0.25, 0.3) is 0 Å². The third kappa shape index (κ3) is 7.81. The molecule has 0 saturated carbocycles. The Kier molecular flexibility index (Phi) is 10.4. The highest BCUT2D eigenvalue weighted by Gasteiger charge is 2.32. The highest BCUT2D eigenvalue weighted by molar-refractivity contribution is 5.94. The maximum Gasteiger partial charge on any atom is 0.305 e. The second-order valence-electron chi connectivity index (χ2n) is 10.9. The summed E-state index contributed by atoms with van der Waals surface area (Å²) in [5.74, 6) is 0.192. The van der Waals surface area contributed by atoms with E-state index in [0.29, 0.717) is 43.8 Å². The highest BCUT2D eigenvalue weighted by Crippen LogP contribution is 2.33. The van der Waals surface area contributed by atoms with Crippen molar-refractivity contribution in [1.82, 2.24) is 20.0 Å². The second-order valence-corrected chi connectivity index (χ2v) is 10.9. The predicted molar refractivity (Wildman–Crippen MR) is 153 cm³/mol. The van der Waals surface area contributed by atoms with Gasteiger partial charge in [-0.05, 0) is 75.5 Å². The number of hydrogen-bond donors (Lipinski definition) is 2. The largest absolute Gasteiger partial charge is 0.508 e. The Hall–Kier alpha value is -2.94. The molecule has 2 N–H and O–H groups in total. The van der Waals surface area contributed by atoms with Gasteiger partial charge in [-0.25, -0.2) is 0 Å². The number of carbonyl (C=O) groups is 2. The van der Waals surface area contributed by atoms with Crippen molar-refractivity contribution in [1.29, 1.82) is 0 Å². The van der Waals surface area contributed by atoms with Crippen LogP contribution in [-0.4, -0.2) is 96.2 Å². The van der Waals surface area contributed by atoms with E-state index in [9.17, 15) is 14.7 Å². The molecule has 8 nitrogen and oxygen atoms in total. The van der Waals surface area contributed by atoms with E-state index < -0.39 is 0 Å². The molecule has 212 valence electrons. The Labute approximate surface area is 232 Å². The molecule has 0 spiro atoms. The van der Waals surface area contributed by atoms with Gasteiger partial charge in [-0.1, -0.05) is 24.3 Å². The number of benzene rings is 2. The van der Waals surface area contributed by atoms with Crippen LogP contribution in [0.15, 0.2) is 48.5 Å². The summed E-state index contributed by atoms with van der Waals surface area (Å²) in [5, 5.41) is 13.8. The zero-order chi connectivity index (χ0) is 27.8. The lowest BCUT2D eigenvalue weighted by atomic mass is 9.92. The van der Waals surface area contributed by atoms with Crippen molar-refractivity contribution in [3.8, 4) is 5.75 Å². The number of aromatic hydroxyl groups is 1. The van der Waals surface area contributed by atoms with Gasteiger partial charge in [0.25, 0.3) is 5.91 Å². The van der Waals surface area contributed by atoms with Gasteiger partial charge in [0.2, 0.25) is 0 Å². The normalized spacial score (nSPS) is 21.5. The zero-order valence-electron chi connectivity index (χ0n) is 23.6. The Bertz CT molecular complexity index is 1100. The topological polar surface area (TPSA) is 85.3 Å². The van der Waals surface area contributed by atoms with Crippen molar-refractivity contribution >= 4 is 11.9 Å². The average Bonchev–Trinajstić information content (AvgIpc) is 2.93. The SMILES string of the molecule is CCOC(=O)CCCCN1CCN(C(=O)c2cccc([C@H](c3cccc(O)c3)N3C[C@@H](C)NC[C@@H]3C)c2)CC1. The standard InChI is InChI=1S/C31H44N4O4/c1-4-39-29(37)13-5-6-14-33-15-17-34(18-16-33)31(38)27-11-7-9-25(19-27)30(26-10-8-12-28(36)20-26)35-22-23(2)32-21-24(35)3/h7-12,19-20,23-24,30,32,36H,4-6,13-18,21-22H2,1-3H3/t23-,24+,30-/m1/s1. The average molecular weight is 537 g/mol. The van der Waals surface area contributed by atoms with E-state index in [1.54, 1.807) is 6.07 Å². The van der Waals surface area contributed by atoms with Crippen LogP contribution >= 0.6 is 0 Å². The van der Waals surface area contributed by atoms with Crippen molar-refractivity contribution in [3.05, 3.63) is 65.2 Å². The number of phenolic OH excluding ortho intramolecular Hbond substituents is 1. The van der Waals surface area contributed by atoms with E-state index in [1.165, 1.54) is 0 Å². The van der Waals surface area contributed by atoms with E-state index in [1.807, 2.05) is 42.2 Å². The minimum atomic E-state index is -0.123. The molecule has 2 saturated heterocycles. The van der Waals surface area contributed by atoms with Crippen LogP contribution in [0.4, 0.5) is 0 Å². The third-order valence-corrected chi connectivity index (χ3v) is 7.85. The number of nitrogens with zero attached hydrogens (tertiary/aromatic N) is 3. The first-order valence-corrected chi connectivity index (χ1v) is 14.4. The molecule has 39 heavy (non-hydrogen) atoms. The molecule has 2 aromatic carbocycles. The Morgan fingerprint density at radius 2 is 1.74 bits per heavy atom. The van der Waals surface area contributed by atoms with Crippen LogP contribution in [0, 0.1) is 0 Å². The van der Waals surface area contributed by atoms with Gasteiger partial charge in [-0.2, -0.15) is 0 Å². The number of nitrogens with one attached hydrogen (secondary N) is 1. The van der Waals surface area contributed by atoms with Crippen LogP contribution < -0.4 is 5.32 Å². The van der Waals surface area contributed by atoms with E-state index in [4.69, 9.17) is 4.74 Å². The summed E-state index contributed by atoms with van der Waals surface area (Å²) in [5.41, 5.74) is 2.79. The van der Waals surface area contributed by atoms with Crippen LogP contribution in [0.3, 0.4) is 0 Å². The summed E-state index contributed by atoms with van der Waals surface area (Å²) in [6.45, 7) is 12.5. The lowest BCUT2D eigenvalue weighted by Crippen LogP contribution is -2.55. The van der Waals surface area contributed by atoms with Crippen LogP contribution in [0.1, 0.15) is 67.6 Å². The Balaban J connectivity index is 1.42. The molecular weight excluding hydrogens is 492 g/mol. The molecule has 2 heterocycles. The molecule has 3 atom stereocenters. The van der Waals surface area contributed by atoms with Gasteiger partial charge >= 0.3 is 5.97 Å². The highest BCUT2D eigenvalue weighted by atomic mass is 16.5. The van der Waals surface area contributed by atoms with Crippen LogP contribution in [-0.2, 0) is 9.53 Å². The number of unbranched alkanes of at least 4 members (excludes halogenated alkanes) is 1. The molecule has 0 aromatic heterocycles. The summed E-state index contributed by atoms with van der Waals surface area (Å²) >= 11 is 0. The predicted octanol–water partition coefficient (Wildman–Crippen LogP) is 3.66. The minimum absolute atomic E-state index is 0.0594. The molecule has 4 rings (SSSR count). The molecule has 2 aliphatic heterocycles. The molecule has 8 heteroatoms. The Morgan fingerprint density at radius 1 is 1.03 bits per heavy atom. The minimum Gasteiger partial charge on any atom is -0.508 e. The maximum absolute atomic E-state index is 13.6. The quantitative estimate of drug-likeness (QED) is 0.354. The number of ether oxygens (including phenoxy) is 1. The zero-order valence-corrected chi connectivity index (χ0v) is 23.6. The summed E-state index contributed by atoms with van der Waals surface area (Å²) in [7, 11) is 0. The van der Waals surface area contributed by atoms with E-state index >= 15 is 0 Å². The van der Waals surface area contributed by atoms with Gasteiger partial charge in [0.1, 0.15) is 5.75 Å². The number of hydrogen-bond acceptors (Lipinski definition) is 7. The van der Waals surface area contributed by atoms with Crippen molar-refractivity contribution in [2.75, 3.05) is 52.4 Å². The molecule has 0 radical (unpaired) electrons. The van der Waals surface area contributed by atoms with Gasteiger partial charge in [-0.15, -0.1) is 0 Å². The molecule has 2 fully saturated rings. The van der Waals surface area contributed by atoms with Gasteiger partial charge in [0, 0.05) is 63.3 Å². The summed E-state index contributed by atoms with van der Waals surface area (Å²) in [6, 6.07) is 16.1. The van der Waals surface area contributed by atoms with Gasteiger partial charge in [0.05, 0.1) is 12.6 Å². The molecular formula is C31H44N4O4. The van der Waals surface area contributed by atoms with Crippen molar-refractivity contribution in [3.63, 3.8) is 0 Å². The number of carbonyl (C=O) groups excluding carboxylic acids is 2. The molecule has 2 aromatic rings. The molecule has 1 amide bonds. The van der Waals surface area contributed by atoms with E-state index in [0.717, 1.165) is 56.7 Å². The van der Waals surface area contributed by atoms with Crippen molar-refractivity contribution in [2.24, 2.45) is 0 Å². The van der Waals surface area contributed by atoms with Crippen molar-refractivity contribution < 1.29 is 19.4 Å². The number of esters is 1. The fourth-order valence-electron chi connectivity index (χ4n) is 5.72. The molecule has 0 bridgehead atoms. The van der Waals surface area contributed by atoms with E-state index in [2.05, 4.69) is 41.1 Å².